The van der Waals surface area contributed by atoms with Crippen molar-refractivity contribution in [3.63, 3.8) is 0 Å². The number of ether oxygens (including phenoxy) is 1. The molecule has 20 heavy (non-hydrogen) atoms. The SMILES string of the molecule is COC(=O)Cc1ccc(CNC2CCC(C)(C)CC2)s1. The molecule has 1 N–H and O–H groups in total. The van der Waals surface area contributed by atoms with E-state index in [1.165, 1.54) is 37.7 Å². The number of methoxy groups -OCH3 is 1. The maximum atomic E-state index is 11.2. The van der Waals surface area contributed by atoms with Gasteiger partial charge in [-0.3, -0.25) is 4.79 Å². The third kappa shape index (κ3) is 4.60. The van der Waals surface area contributed by atoms with Crippen molar-refractivity contribution in [3.8, 4) is 0 Å². The molecule has 1 aromatic rings. The van der Waals surface area contributed by atoms with Gasteiger partial charge in [0.2, 0.25) is 0 Å². The van der Waals surface area contributed by atoms with Crippen molar-refractivity contribution < 1.29 is 9.53 Å². The van der Waals surface area contributed by atoms with Gasteiger partial charge in [0.15, 0.2) is 0 Å². The van der Waals surface area contributed by atoms with Gasteiger partial charge in [0.05, 0.1) is 13.5 Å². The topological polar surface area (TPSA) is 38.3 Å². The van der Waals surface area contributed by atoms with Crippen molar-refractivity contribution in [2.75, 3.05) is 7.11 Å². The highest BCUT2D eigenvalue weighted by molar-refractivity contribution is 7.12. The molecule has 1 fully saturated rings. The minimum atomic E-state index is -0.166. The maximum Gasteiger partial charge on any atom is 0.310 e. The molecule has 4 heteroatoms. The first-order valence-corrected chi connectivity index (χ1v) is 8.18. The van der Waals surface area contributed by atoms with Gasteiger partial charge in [0.1, 0.15) is 0 Å². The smallest absolute Gasteiger partial charge is 0.310 e. The molecule has 1 aliphatic rings. The van der Waals surface area contributed by atoms with Crippen LogP contribution in [0.15, 0.2) is 12.1 Å². The molecule has 0 atom stereocenters. The van der Waals surface area contributed by atoms with Crippen molar-refractivity contribution in [1.29, 1.82) is 0 Å². The van der Waals surface area contributed by atoms with E-state index in [0.717, 1.165) is 11.4 Å². The molecular weight excluding hydrogens is 270 g/mol. The second-order valence-electron chi connectivity index (χ2n) is 6.44. The van der Waals surface area contributed by atoms with Crippen LogP contribution < -0.4 is 5.32 Å². The molecule has 0 bridgehead atoms. The fraction of sp³-hybridized carbons (Fsp3) is 0.688. The molecule has 2 rings (SSSR count). The number of thiophene rings is 1. The Kier molecular flexibility index (Phi) is 5.22. The van der Waals surface area contributed by atoms with E-state index in [4.69, 9.17) is 4.74 Å². The number of esters is 1. The summed E-state index contributed by atoms with van der Waals surface area (Å²) in [6, 6.07) is 4.79. The van der Waals surface area contributed by atoms with Crippen LogP contribution in [0.2, 0.25) is 0 Å². The Hall–Kier alpha value is -0.870. The molecule has 0 aliphatic heterocycles. The van der Waals surface area contributed by atoms with E-state index in [0.29, 0.717) is 17.9 Å². The molecule has 1 saturated carbocycles. The fourth-order valence-corrected chi connectivity index (χ4v) is 3.63. The van der Waals surface area contributed by atoms with E-state index < -0.39 is 0 Å². The molecule has 0 spiro atoms. The highest BCUT2D eigenvalue weighted by Gasteiger charge is 2.26. The highest BCUT2D eigenvalue weighted by Crippen LogP contribution is 2.35. The van der Waals surface area contributed by atoms with E-state index in [-0.39, 0.29) is 5.97 Å². The van der Waals surface area contributed by atoms with Crippen molar-refractivity contribution >= 4 is 17.3 Å². The molecule has 1 heterocycles. The van der Waals surface area contributed by atoms with Crippen molar-refractivity contribution in [2.24, 2.45) is 5.41 Å². The van der Waals surface area contributed by atoms with E-state index in [2.05, 4.69) is 25.2 Å². The summed E-state index contributed by atoms with van der Waals surface area (Å²) in [7, 11) is 1.43. The van der Waals surface area contributed by atoms with Gasteiger partial charge in [-0.15, -0.1) is 11.3 Å². The predicted molar refractivity (Wildman–Crippen MR) is 82.9 cm³/mol. The normalized spacial score (nSPS) is 18.9. The number of rotatable bonds is 5. The highest BCUT2D eigenvalue weighted by atomic mass is 32.1. The van der Waals surface area contributed by atoms with Crippen LogP contribution >= 0.6 is 11.3 Å². The first-order chi connectivity index (χ1) is 9.48. The van der Waals surface area contributed by atoms with Crippen LogP contribution in [0.1, 0.15) is 49.3 Å². The second-order valence-corrected chi connectivity index (χ2v) is 7.69. The molecule has 112 valence electrons. The Balaban J connectivity index is 1.76. The lowest BCUT2D eigenvalue weighted by Crippen LogP contribution is -2.34. The van der Waals surface area contributed by atoms with Crippen molar-refractivity contribution in [3.05, 3.63) is 21.9 Å². The summed E-state index contributed by atoms with van der Waals surface area (Å²) >= 11 is 1.70. The van der Waals surface area contributed by atoms with E-state index in [9.17, 15) is 4.79 Å². The van der Waals surface area contributed by atoms with Gasteiger partial charge >= 0.3 is 5.97 Å². The minimum Gasteiger partial charge on any atom is -0.469 e. The summed E-state index contributed by atoms with van der Waals surface area (Å²) in [5, 5.41) is 3.65. The van der Waals surface area contributed by atoms with Crippen LogP contribution in [0.5, 0.6) is 0 Å². The molecule has 0 amide bonds. The molecule has 0 unspecified atom stereocenters. The Labute approximate surface area is 125 Å². The minimum absolute atomic E-state index is 0.166. The summed E-state index contributed by atoms with van der Waals surface area (Å²) < 4.78 is 4.69. The first-order valence-electron chi connectivity index (χ1n) is 7.36. The van der Waals surface area contributed by atoms with Crippen LogP contribution in [0.3, 0.4) is 0 Å². The lowest BCUT2D eigenvalue weighted by molar-refractivity contribution is -0.139. The van der Waals surface area contributed by atoms with Crippen molar-refractivity contribution in [2.45, 2.75) is 58.5 Å². The van der Waals surface area contributed by atoms with E-state index >= 15 is 0 Å². The zero-order valence-corrected chi connectivity index (χ0v) is 13.5. The number of hydrogen-bond acceptors (Lipinski definition) is 4. The number of carbonyl (C=O) groups is 1. The van der Waals surface area contributed by atoms with E-state index in [1.807, 2.05) is 6.07 Å². The Morgan fingerprint density at radius 3 is 2.65 bits per heavy atom. The van der Waals surface area contributed by atoms with Crippen LogP contribution in [0, 0.1) is 5.41 Å². The average Bonchev–Trinajstić information content (AvgIpc) is 2.85. The van der Waals surface area contributed by atoms with Gasteiger partial charge in [-0.05, 0) is 43.2 Å². The second kappa shape index (κ2) is 6.72. The number of nitrogens with one attached hydrogen (secondary N) is 1. The lowest BCUT2D eigenvalue weighted by atomic mass is 9.75. The molecule has 0 saturated heterocycles. The Morgan fingerprint density at radius 1 is 1.35 bits per heavy atom. The zero-order chi connectivity index (χ0) is 14.6. The quantitative estimate of drug-likeness (QED) is 0.845. The number of hydrogen-bond donors (Lipinski definition) is 1. The molecular formula is C16H25NO2S. The zero-order valence-electron chi connectivity index (χ0n) is 12.7. The van der Waals surface area contributed by atoms with Crippen LogP contribution in [-0.2, 0) is 22.5 Å². The van der Waals surface area contributed by atoms with Gasteiger partial charge in [-0.2, -0.15) is 0 Å². The third-order valence-electron chi connectivity index (χ3n) is 4.17. The molecule has 0 aromatic carbocycles. The fourth-order valence-electron chi connectivity index (χ4n) is 2.68. The summed E-state index contributed by atoms with van der Waals surface area (Å²) in [5.41, 5.74) is 0.523. The largest absolute Gasteiger partial charge is 0.469 e. The molecule has 3 nitrogen and oxygen atoms in total. The van der Waals surface area contributed by atoms with Crippen LogP contribution in [0.25, 0.3) is 0 Å². The van der Waals surface area contributed by atoms with Crippen molar-refractivity contribution in [1.82, 2.24) is 5.32 Å². The van der Waals surface area contributed by atoms with Gasteiger partial charge < -0.3 is 10.1 Å². The van der Waals surface area contributed by atoms with Gasteiger partial charge in [-0.25, -0.2) is 0 Å². The van der Waals surface area contributed by atoms with E-state index in [1.54, 1.807) is 11.3 Å². The molecule has 0 radical (unpaired) electrons. The third-order valence-corrected chi connectivity index (χ3v) is 5.25. The Bertz CT molecular complexity index is 443. The standard InChI is InChI=1S/C16H25NO2S/c1-16(2)8-6-12(7-9-16)17-11-14-5-4-13(20-14)10-15(18)19-3/h4-5,12,17H,6-11H2,1-3H3. The summed E-state index contributed by atoms with van der Waals surface area (Å²) in [6.45, 7) is 5.64. The number of carbonyl (C=O) groups excluding carboxylic acids is 1. The molecule has 1 aromatic heterocycles. The maximum absolute atomic E-state index is 11.2. The Morgan fingerprint density at radius 2 is 2.00 bits per heavy atom. The van der Waals surface area contributed by atoms with Gasteiger partial charge in [0, 0.05) is 22.3 Å². The predicted octanol–water partition coefficient (Wildman–Crippen LogP) is 3.52. The van der Waals surface area contributed by atoms with Gasteiger partial charge in [-0.1, -0.05) is 13.8 Å². The van der Waals surface area contributed by atoms with Crippen LogP contribution in [0.4, 0.5) is 0 Å². The lowest BCUT2D eigenvalue weighted by Gasteiger charge is -2.34. The summed E-state index contributed by atoms with van der Waals surface area (Å²) in [4.78, 5) is 13.6. The monoisotopic (exact) mass is 295 g/mol. The summed E-state index contributed by atoms with van der Waals surface area (Å²) in [6.07, 6.45) is 5.55. The van der Waals surface area contributed by atoms with Gasteiger partial charge in [0.25, 0.3) is 0 Å². The van der Waals surface area contributed by atoms with Crippen LogP contribution in [-0.4, -0.2) is 19.1 Å². The first kappa shape index (κ1) is 15.5. The molecule has 1 aliphatic carbocycles. The average molecular weight is 295 g/mol. The summed E-state index contributed by atoms with van der Waals surface area (Å²) in [5.74, 6) is -0.166.